The normalized spacial score (nSPS) is 14.6. The SMILES string of the molecule is Cc1c(F)c(OCc2noc(=O)[nH]2)c(F)c(C)c1Cc1ccc(O)c(C2CCCCC2)n1. The summed E-state index contributed by atoms with van der Waals surface area (Å²) in [4.78, 5) is 17.9. The Hall–Kier alpha value is -3.23. The fourth-order valence-corrected chi connectivity index (χ4v) is 4.30. The molecule has 7 nitrogen and oxygen atoms in total. The number of hydrogen-bond acceptors (Lipinski definition) is 6. The highest BCUT2D eigenvalue weighted by atomic mass is 19.1. The summed E-state index contributed by atoms with van der Waals surface area (Å²) in [6, 6.07) is 3.29. The van der Waals surface area contributed by atoms with E-state index in [1.165, 1.54) is 6.42 Å². The number of hydrogen-bond donors (Lipinski definition) is 2. The van der Waals surface area contributed by atoms with Crippen LogP contribution in [0.4, 0.5) is 8.78 Å². The Kier molecular flexibility index (Phi) is 6.25. The van der Waals surface area contributed by atoms with Crippen molar-refractivity contribution in [3.8, 4) is 11.5 Å². The van der Waals surface area contributed by atoms with Crippen molar-refractivity contribution in [3.63, 3.8) is 0 Å². The van der Waals surface area contributed by atoms with Crippen LogP contribution in [-0.4, -0.2) is 20.2 Å². The van der Waals surface area contributed by atoms with Crippen LogP contribution >= 0.6 is 0 Å². The van der Waals surface area contributed by atoms with Crippen LogP contribution in [0.25, 0.3) is 0 Å². The molecule has 0 radical (unpaired) electrons. The van der Waals surface area contributed by atoms with Crippen LogP contribution in [-0.2, 0) is 13.0 Å². The third-order valence-electron chi connectivity index (χ3n) is 6.11. The number of ether oxygens (including phenoxy) is 1. The van der Waals surface area contributed by atoms with Crippen molar-refractivity contribution < 1.29 is 23.1 Å². The van der Waals surface area contributed by atoms with Gasteiger partial charge in [-0.25, -0.2) is 13.6 Å². The zero-order valence-corrected chi connectivity index (χ0v) is 18.0. The van der Waals surface area contributed by atoms with Crippen LogP contribution in [0, 0.1) is 25.5 Å². The summed E-state index contributed by atoms with van der Waals surface area (Å²) in [5.74, 6) is -2.55. The topological polar surface area (TPSA) is 101 Å². The Morgan fingerprint density at radius 1 is 1.16 bits per heavy atom. The number of pyridine rings is 1. The quantitative estimate of drug-likeness (QED) is 0.576. The minimum absolute atomic E-state index is 0.0247. The second-order valence-electron chi connectivity index (χ2n) is 8.23. The van der Waals surface area contributed by atoms with Gasteiger partial charge in [0.25, 0.3) is 0 Å². The molecule has 0 spiro atoms. The molecular weight excluding hydrogens is 420 g/mol. The number of halogens is 2. The maximum Gasteiger partial charge on any atom is 0.439 e. The molecule has 0 saturated heterocycles. The van der Waals surface area contributed by atoms with E-state index in [9.17, 15) is 9.90 Å². The predicted octanol–water partition coefficient (Wildman–Crippen LogP) is 4.58. The van der Waals surface area contributed by atoms with Crippen LogP contribution in [0.3, 0.4) is 0 Å². The van der Waals surface area contributed by atoms with Gasteiger partial charge in [0.15, 0.2) is 23.2 Å². The van der Waals surface area contributed by atoms with E-state index in [0.717, 1.165) is 25.7 Å². The molecule has 1 aliphatic rings. The van der Waals surface area contributed by atoms with Gasteiger partial charge in [0.2, 0.25) is 0 Å². The van der Waals surface area contributed by atoms with Crippen LogP contribution in [0.15, 0.2) is 21.5 Å². The van der Waals surface area contributed by atoms with Gasteiger partial charge in [-0.2, -0.15) is 0 Å². The van der Waals surface area contributed by atoms with Crippen LogP contribution < -0.4 is 10.5 Å². The molecule has 3 aromatic rings. The summed E-state index contributed by atoms with van der Waals surface area (Å²) >= 11 is 0. The maximum atomic E-state index is 15.0. The number of aromatic amines is 1. The molecule has 0 aliphatic heterocycles. The zero-order chi connectivity index (χ0) is 22.8. The zero-order valence-electron chi connectivity index (χ0n) is 18.0. The fraction of sp³-hybridized carbons (Fsp3) is 0.435. The van der Waals surface area contributed by atoms with Crippen molar-refractivity contribution in [2.45, 2.75) is 64.9 Å². The van der Waals surface area contributed by atoms with Crippen molar-refractivity contribution in [1.29, 1.82) is 0 Å². The lowest BCUT2D eigenvalue weighted by molar-refractivity contribution is 0.257. The molecule has 1 saturated carbocycles. The molecule has 2 heterocycles. The third kappa shape index (κ3) is 4.37. The fourth-order valence-electron chi connectivity index (χ4n) is 4.30. The van der Waals surface area contributed by atoms with Gasteiger partial charge in [0, 0.05) is 18.0 Å². The van der Waals surface area contributed by atoms with E-state index in [4.69, 9.17) is 4.74 Å². The number of nitrogens with one attached hydrogen (secondary N) is 1. The van der Waals surface area contributed by atoms with Crippen LogP contribution in [0.2, 0.25) is 0 Å². The Labute approximate surface area is 183 Å². The summed E-state index contributed by atoms with van der Waals surface area (Å²) in [5, 5.41) is 13.7. The van der Waals surface area contributed by atoms with E-state index < -0.39 is 23.1 Å². The molecule has 9 heteroatoms. The molecule has 1 aromatic carbocycles. The van der Waals surface area contributed by atoms with Gasteiger partial charge in [-0.3, -0.25) is 14.5 Å². The first-order valence-corrected chi connectivity index (χ1v) is 10.7. The van der Waals surface area contributed by atoms with Gasteiger partial charge in [-0.1, -0.05) is 24.4 Å². The van der Waals surface area contributed by atoms with Crippen LogP contribution in [0.5, 0.6) is 11.5 Å². The Balaban J connectivity index is 1.61. The Morgan fingerprint density at radius 3 is 2.47 bits per heavy atom. The number of aromatic hydroxyl groups is 1. The maximum absolute atomic E-state index is 15.0. The highest BCUT2D eigenvalue weighted by Crippen LogP contribution is 2.37. The van der Waals surface area contributed by atoms with Crippen LogP contribution in [0.1, 0.15) is 71.9 Å². The van der Waals surface area contributed by atoms with Crippen molar-refractivity contribution in [2.75, 3.05) is 0 Å². The number of nitrogens with zero attached hydrogens (tertiary/aromatic N) is 2. The van der Waals surface area contributed by atoms with E-state index in [2.05, 4.69) is 19.6 Å². The van der Waals surface area contributed by atoms with E-state index in [-0.39, 0.29) is 41.6 Å². The first-order chi connectivity index (χ1) is 15.3. The van der Waals surface area contributed by atoms with Crippen molar-refractivity contribution in [3.05, 3.63) is 68.2 Å². The lowest BCUT2D eigenvalue weighted by Crippen LogP contribution is -2.11. The minimum atomic E-state index is -0.819. The molecule has 0 amide bonds. The molecular formula is C23H25F2N3O4. The lowest BCUT2D eigenvalue weighted by Gasteiger charge is -2.22. The summed E-state index contributed by atoms with van der Waals surface area (Å²) < 4.78 is 39.6. The predicted molar refractivity (Wildman–Crippen MR) is 112 cm³/mol. The highest BCUT2D eigenvalue weighted by molar-refractivity contribution is 5.46. The third-order valence-corrected chi connectivity index (χ3v) is 6.11. The second kappa shape index (κ2) is 9.10. The van der Waals surface area contributed by atoms with Crippen molar-refractivity contribution >= 4 is 0 Å². The van der Waals surface area contributed by atoms with Gasteiger partial charge in [0.1, 0.15) is 12.4 Å². The molecule has 4 rings (SSSR count). The standard InChI is InChI=1S/C23H25F2N3O4/c1-12-16(10-15-8-9-17(29)21(26-15)14-6-4-3-5-7-14)13(2)20(25)22(19(12)24)31-11-18-27-23(30)32-28-18/h8-9,14,29H,3-7,10-11H2,1-2H3,(H,27,28,30). The minimum Gasteiger partial charge on any atom is -0.506 e. The molecule has 1 aliphatic carbocycles. The van der Waals surface area contributed by atoms with E-state index in [0.29, 0.717) is 17.0 Å². The number of H-pyrrole nitrogens is 1. The number of benzene rings is 1. The van der Waals surface area contributed by atoms with E-state index in [1.807, 2.05) is 0 Å². The highest BCUT2D eigenvalue weighted by Gasteiger charge is 2.24. The summed E-state index contributed by atoms with van der Waals surface area (Å²) in [7, 11) is 0. The van der Waals surface area contributed by atoms with E-state index >= 15 is 8.78 Å². The second-order valence-corrected chi connectivity index (χ2v) is 8.23. The average Bonchev–Trinajstić information content (AvgIpc) is 3.22. The van der Waals surface area contributed by atoms with Crippen molar-refractivity contribution in [1.82, 2.24) is 15.1 Å². The molecule has 0 unspecified atom stereocenters. The molecule has 0 bridgehead atoms. The first-order valence-electron chi connectivity index (χ1n) is 10.7. The van der Waals surface area contributed by atoms with Gasteiger partial charge in [0.05, 0.1) is 5.69 Å². The number of aromatic nitrogens is 3. The lowest BCUT2D eigenvalue weighted by atomic mass is 9.86. The summed E-state index contributed by atoms with van der Waals surface area (Å²) in [6.45, 7) is 2.77. The first kappa shape index (κ1) is 22.0. The molecule has 170 valence electrons. The summed E-state index contributed by atoms with van der Waals surface area (Å²) in [6.07, 6.45) is 5.59. The van der Waals surface area contributed by atoms with Gasteiger partial charge in [-0.15, -0.1) is 0 Å². The average molecular weight is 445 g/mol. The number of rotatable bonds is 6. The molecule has 2 aromatic heterocycles. The summed E-state index contributed by atoms with van der Waals surface area (Å²) in [5.41, 5.74) is 2.29. The van der Waals surface area contributed by atoms with E-state index in [1.54, 1.807) is 26.0 Å². The molecule has 32 heavy (non-hydrogen) atoms. The van der Waals surface area contributed by atoms with Gasteiger partial charge < -0.3 is 9.84 Å². The smallest absolute Gasteiger partial charge is 0.439 e. The monoisotopic (exact) mass is 445 g/mol. The van der Waals surface area contributed by atoms with Gasteiger partial charge >= 0.3 is 5.76 Å². The Morgan fingerprint density at radius 2 is 1.84 bits per heavy atom. The van der Waals surface area contributed by atoms with Crippen molar-refractivity contribution in [2.24, 2.45) is 0 Å². The molecule has 0 atom stereocenters. The Bertz CT molecular complexity index is 1150. The largest absolute Gasteiger partial charge is 0.506 e. The van der Waals surface area contributed by atoms with Gasteiger partial charge in [-0.05, 0) is 55.5 Å². The molecule has 1 fully saturated rings. The molecule has 2 N–H and O–H groups in total.